The van der Waals surface area contributed by atoms with Crippen molar-refractivity contribution in [3.63, 3.8) is 0 Å². The standard InChI is InChI=1S/C16H23N3O2S2.2ClH/c1-23(20,21)13-16-18-15(12-22-16)11-19(10-8-17)9-7-14-5-3-2-4-6-14;;/h2-6,12H,7-11,13,17H2,1H3;2*1H. The Morgan fingerprint density at radius 3 is 2.44 bits per heavy atom. The first kappa shape index (κ1) is 24.3. The highest BCUT2D eigenvalue weighted by atomic mass is 35.5. The summed E-state index contributed by atoms with van der Waals surface area (Å²) in [6.45, 7) is 2.99. The van der Waals surface area contributed by atoms with E-state index in [9.17, 15) is 8.42 Å². The average Bonchev–Trinajstić information content (AvgIpc) is 2.91. The molecule has 0 atom stereocenters. The van der Waals surface area contributed by atoms with Crippen LogP contribution in [0.1, 0.15) is 16.3 Å². The second kappa shape index (κ2) is 11.8. The molecule has 0 aliphatic carbocycles. The molecule has 0 amide bonds. The van der Waals surface area contributed by atoms with Crippen LogP contribution in [0.5, 0.6) is 0 Å². The summed E-state index contributed by atoms with van der Waals surface area (Å²) in [6.07, 6.45) is 2.19. The molecule has 0 fully saturated rings. The zero-order valence-corrected chi connectivity index (χ0v) is 17.4. The van der Waals surface area contributed by atoms with Crippen LogP contribution in [-0.4, -0.2) is 44.2 Å². The molecule has 2 aromatic rings. The minimum absolute atomic E-state index is 0. The molecule has 1 heterocycles. The predicted octanol–water partition coefficient (Wildman–Crippen LogP) is 2.53. The largest absolute Gasteiger partial charge is 0.329 e. The van der Waals surface area contributed by atoms with Crippen molar-refractivity contribution in [2.24, 2.45) is 5.73 Å². The lowest BCUT2D eigenvalue weighted by Gasteiger charge is -2.20. The van der Waals surface area contributed by atoms with Gasteiger partial charge in [-0.25, -0.2) is 13.4 Å². The van der Waals surface area contributed by atoms with Gasteiger partial charge in [0.15, 0.2) is 9.84 Å². The van der Waals surface area contributed by atoms with Crippen molar-refractivity contribution >= 4 is 46.0 Å². The van der Waals surface area contributed by atoms with Crippen LogP contribution >= 0.6 is 36.2 Å². The van der Waals surface area contributed by atoms with Gasteiger partial charge >= 0.3 is 0 Å². The summed E-state index contributed by atoms with van der Waals surface area (Å²) in [5, 5.41) is 2.59. The lowest BCUT2D eigenvalue weighted by Crippen LogP contribution is -2.31. The maximum absolute atomic E-state index is 11.3. The van der Waals surface area contributed by atoms with E-state index in [-0.39, 0.29) is 30.6 Å². The van der Waals surface area contributed by atoms with E-state index in [0.717, 1.165) is 25.2 Å². The molecule has 0 saturated carbocycles. The lowest BCUT2D eigenvalue weighted by molar-refractivity contribution is 0.273. The SMILES string of the molecule is CS(=O)(=O)Cc1nc(CN(CCN)CCc2ccccc2)cs1.Cl.Cl. The number of thiazole rings is 1. The van der Waals surface area contributed by atoms with E-state index in [2.05, 4.69) is 22.0 Å². The Balaban J connectivity index is 0.00000288. The van der Waals surface area contributed by atoms with Gasteiger partial charge < -0.3 is 5.73 Å². The molecule has 5 nitrogen and oxygen atoms in total. The number of hydrogen-bond donors (Lipinski definition) is 1. The van der Waals surface area contributed by atoms with E-state index < -0.39 is 9.84 Å². The van der Waals surface area contributed by atoms with Gasteiger partial charge in [-0.2, -0.15) is 0 Å². The third-order valence-corrected chi connectivity index (χ3v) is 5.25. The van der Waals surface area contributed by atoms with E-state index in [4.69, 9.17) is 5.73 Å². The summed E-state index contributed by atoms with van der Waals surface area (Å²) < 4.78 is 22.7. The van der Waals surface area contributed by atoms with Crippen LogP contribution in [0, 0.1) is 0 Å². The van der Waals surface area contributed by atoms with E-state index in [1.807, 2.05) is 23.6 Å². The summed E-state index contributed by atoms with van der Waals surface area (Å²) in [7, 11) is -3.03. The Bertz CT molecular complexity index is 709. The number of aromatic nitrogens is 1. The van der Waals surface area contributed by atoms with Crippen LogP contribution in [0.4, 0.5) is 0 Å². The second-order valence-electron chi connectivity index (χ2n) is 5.60. The summed E-state index contributed by atoms with van der Waals surface area (Å²) in [5.41, 5.74) is 7.91. The molecule has 0 aliphatic rings. The molecule has 0 unspecified atom stereocenters. The normalized spacial score (nSPS) is 11.0. The highest BCUT2D eigenvalue weighted by Gasteiger charge is 2.12. The maximum Gasteiger partial charge on any atom is 0.153 e. The Kier molecular flexibility index (Phi) is 11.5. The minimum atomic E-state index is -3.03. The van der Waals surface area contributed by atoms with Crippen molar-refractivity contribution in [3.8, 4) is 0 Å². The van der Waals surface area contributed by atoms with Crippen molar-refractivity contribution in [3.05, 3.63) is 52.0 Å². The zero-order valence-electron chi connectivity index (χ0n) is 14.1. The van der Waals surface area contributed by atoms with Gasteiger partial charge in [-0.3, -0.25) is 4.90 Å². The van der Waals surface area contributed by atoms with Crippen molar-refractivity contribution < 1.29 is 8.42 Å². The van der Waals surface area contributed by atoms with E-state index in [1.165, 1.54) is 23.2 Å². The average molecular weight is 426 g/mol. The van der Waals surface area contributed by atoms with Crippen LogP contribution in [0.25, 0.3) is 0 Å². The summed E-state index contributed by atoms with van der Waals surface area (Å²) in [4.78, 5) is 6.69. The molecule has 0 spiro atoms. The lowest BCUT2D eigenvalue weighted by atomic mass is 10.1. The number of rotatable bonds is 9. The fraction of sp³-hybridized carbons (Fsp3) is 0.438. The fourth-order valence-corrected chi connectivity index (χ4v) is 4.32. The van der Waals surface area contributed by atoms with Crippen LogP contribution < -0.4 is 5.73 Å². The van der Waals surface area contributed by atoms with Crippen LogP contribution in [-0.2, 0) is 28.6 Å². The van der Waals surface area contributed by atoms with Crippen molar-refractivity contribution in [2.75, 3.05) is 25.9 Å². The molecule has 1 aromatic heterocycles. The summed E-state index contributed by atoms with van der Waals surface area (Å²) in [6, 6.07) is 10.3. The van der Waals surface area contributed by atoms with Gasteiger partial charge in [0, 0.05) is 37.8 Å². The molecular weight excluding hydrogens is 401 g/mol. The predicted molar refractivity (Wildman–Crippen MR) is 110 cm³/mol. The van der Waals surface area contributed by atoms with Crippen molar-refractivity contribution in [2.45, 2.75) is 18.7 Å². The second-order valence-corrected chi connectivity index (χ2v) is 8.69. The number of sulfone groups is 1. The molecule has 1 aromatic carbocycles. The molecule has 9 heteroatoms. The fourth-order valence-electron chi connectivity index (χ4n) is 2.33. The highest BCUT2D eigenvalue weighted by Crippen LogP contribution is 2.14. The molecular formula is C16H25Cl2N3O2S2. The number of nitrogens with zero attached hydrogens (tertiary/aromatic N) is 2. The molecule has 0 saturated heterocycles. The summed E-state index contributed by atoms with van der Waals surface area (Å²) in [5.74, 6) is 0.0125. The van der Waals surface area contributed by atoms with Gasteiger partial charge in [-0.1, -0.05) is 30.3 Å². The van der Waals surface area contributed by atoms with Crippen molar-refractivity contribution in [1.29, 1.82) is 0 Å². The van der Waals surface area contributed by atoms with Gasteiger partial charge in [-0.05, 0) is 12.0 Å². The van der Waals surface area contributed by atoms with Crippen LogP contribution in [0.2, 0.25) is 0 Å². The Morgan fingerprint density at radius 2 is 1.84 bits per heavy atom. The third-order valence-electron chi connectivity index (χ3n) is 3.38. The number of halogens is 2. The van der Waals surface area contributed by atoms with E-state index >= 15 is 0 Å². The highest BCUT2D eigenvalue weighted by molar-refractivity contribution is 7.90. The maximum atomic E-state index is 11.3. The number of benzene rings is 1. The topological polar surface area (TPSA) is 76.3 Å². The van der Waals surface area contributed by atoms with E-state index in [0.29, 0.717) is 18.1 Å². The number of nitrogens with two attached hydrogens (primary N) is 1. The summed E-state index contributed by atoms with van der Waals surface area (Å²) >= 11 is 1.40. The van der Waals surface area contributed by atoms with Gasteiger partial charge in [-0.15, -0.1) is 36.2 Å². The molecule has 2 N–H and O–H groups in total. The van der Waals surface area contributed by atoms with Crippen LogP contribution in [0.3, 0.4) is 0 Å². The third kappa shape index (κ3) is 9.53. The Hall–Kier alpha value is -0.700. The van der Waals surface area contributed by atoms with Crippen LogP contribution in [0.15, 0.2) is 35.7 Å². The molecule has 0 aliphatic heterocycles. The number of hydrogen-bond acceptors (Lipinski definition) is 6. The minimum Gasteiger partial charge on any atom is -0.329 e. The Labute approximate surface area is 166 Å². The van der Waals surface area contributed by atoms with Gasteiger partial charge in [0.25, 0.3) is 0 Å². The Morgan fingerprint density at radius 1 is 1.16 bits per heavy atom. The van der Waals surface area contributed by atoms with Gasteiger partial charge in [0.1, 0.15) is 10.8 Å². The zero-order chi connectivity index (χ0) is 16.7. The van der Waals surface area contributed by atoms with Crippen molar-refractivity contribution in [1.82, 2.24) is 9.88 Å². The molecule has 0 bridgehead atoms. The monoisotopic (exact) mass is 425 g/mol. The molecule has 0 radical (unpaired) electrons. The molecule has 142 valence electrons. The van der Waals surface area contributed by atoms with Gasteiger partial charge in [0.05, 0.1) is 5.69 Å². The first-order valence-corrected chi connectivity index (χ1v) is 10.5. The van der Waals surface area contributed by atoms with Gasteiger partial charge in [0.2, 0.25) is 0 Å². The first-order chi connectivity index (χ1) is 11.0. The first-order valence-electron chi connectivity index (χ1n) is 7.53. The smallest absolute Gasteiger partial charge is 0.153 e. The van der Waals surface area contributed by atoms with E-state index in [1.54, 1.807) is 0 Å². The molecule has 2 rings (SSSR count). The molecule has 25 heavy (non-hydrogen) atoms. The quantitative estimate of drug-likeness (QED) is 0.667.